The molecule has 0 saturated heterocycles. The molecule has 1 heterocycles. The highest BCUT2D eigenvalue weighted by Gasteiger charge is 2.15. The minimum Gasteiger partial charge on any atom is -0.380 e. The number of nitrogens with one attached hydrogen (secondary N) is 2. The van der Waals surface area contributed by atoms with Crippen molar-refractivity contribution in [3.63, 3.8) is 0 Å². The predicted molar refractivity (Wildman–Crippen MR) is 86.1 cm³/mol. The molecule has 0 atom stereocenters. The standard InChI is InChI=1S/C16H22N4O/c1-11(2)14-15(17-3)18-10-19-16(14)20-13-8-6-5-7-12(13)9-21-4/h5-8,10-11H,9H2,1-4H3,(H2,17,18,19,20). The lowest BCUT2D eigenvalue weighted by Gasteiger charge is -2.18. The van der Waals surface area contributed by atoms with Crippen LogP contribution in [0.2, 0.25) is 0 Å². The van der Waals surface area contributed by atoms with Crippen LogP contribution in [0.5, 0.6) is 0 Å². The second-order valence-electron chi connectivity index (χ2n) is 5.10. The third-order valence-electron chi connectivity index (χ3n) is 3.27. The van der Waals surface area contributed by atoms with Crippen molar-refractivity contribution in [3.8, 4) is 0 Å². The molecule has 0 aliphatic carbocycles. The van der Waals surface area contributed by atoms with Crippen molar-refractivity contribution in [3.05, 3.63) is 41.7 Å². The van der Waals surface area contributed by atoms with Crippen molar-refractivity contribution in [1.82, 2.24) is 9.97 Å². The first-order valence-corrected chi connectivity index (χ1v) is 7.03. The Morgan fingerprint density at radius 2 is 1.86 bits per heavy atom. The molecule has 5 nitrogen and oxygen atoms in total. The van der Waals surface area contributed by atoms with E-state index in [-0.39, 0.29) is 0 Å². The van der Waals surface area contributed by atoms with Crippen LogP contribution >= 0.6 is 0 Å². The van der Waals surface area contributed by atoms with E-state index < -0.39 is 0 Å². The van der Waals surface area contributed by atoms with E-state index in [4.69, 9.17) is 4.74 Å². The van der Waals surface area contributed by atoms with Crippen molar-refractivity contribution >= 4 is 17.3 Å². The van der Waals surface area contributed by atoms with E-state index in [1.807, 2.05) is 31.3 Å². The lowest BCUT2D eigenvalue weighted by molar-refractivity contribution is 0.185. The van der Waals surface area contributed by atoms with Gasteiger partial charge in [0.25, 0.3) is 0 Å². The van der Waals surface area contributed by atoms with E-state index >= 15 is 0 Å². The molecule has 0 bridgehead atoms. The van der Waals surface area contributed by atoms with E-state index in [1.54, 1.807) is 13.4 Å². The molecule has 0 unspecified atom stereocenters. The molecule has 1 aromatic carbocycles. The van der Waals surface area contributed by atoms with E-state index in [2.05, 4.69) is 34.4 Å². The second kappa shape index (κ2) is 7.04. The maximum atomic E-state index is 5.24. The Balaban J connectivity index is 2.40. The molecule has 0 amide bonds. The average Bonchev–Trinajstić information content (AvgIpc) is 2.49. The summed E-state index contributed by atoms with van der Waals surface area (Å²) in [6.07, 6.45) is 1.57. The van der Waals surface area contributed by atoms with Crippen molar-refractivity contribution in [2.24, 2.45) is 0 Å². The molecule has 112 valence electrons. The van der Waals surface area contributed by atoms with Gasteiger partial charge in [0, 0.05) is 31.0 Å². The maximum Gasteiger partial charge on any atom is 0.139 e. The summed E-state index contributed by atoms with van der Waals surface area (Å²) in [5.41, 5.74) is 3.17. The van der Waals surface area contributed by atoms with Gasteiger partial charge in [-0.15, -0.1) is 0 Å². The molecule has 2 N–H and O–H groups in total. The number of nitrogens with zero attached hydrogens (tertiary/aromatic N) is 2. The summed E-state index contributed by atoms with van der Waals surface area (Å²) in [7, 11) is 3.57. The summed E-state index contributed by atoms with van der Waals surface area (Å²) in [5.74, 6) is 1.99. The number of methoxy groups -OCH3 is 1. The molecule has 2 rings (SSSR count). The Morgan fingerprint density at radius 1 is 1.14 bits per heavy atom. The van der Waals surface area contributed by atoms with Gasteiger partial charge in [0.05, 0.1) is 6.61 Å². The number of anilines is 3. The summed E-state index contributed by atoms with van der Waals surface area (Å²) in [6, 6.07) is 8.07. The summed E-state index contributed by atoms with van der Waals surface area (Å²) >= 11 is 0. The molecular formula is C16H22N4O. The summed E-state index contributed by atoms with van der Waals surface area (Å²) < 4.78 is 5.24. The molecule has 1 aromatic heterocycles. The molecule has 21 heavy (non-hydrogen) atoms. The average molecular weight is 286 g/mol. The number of rotatable bonds is 6. The van der Waals surface area contributed by atoms with Gasteiger partial charge in [0.2, 0.25) is 0 Å². The summed E-state index contributed by atoms with van der Waals surface area (Å²) in [4.78, 5) is 8.69. The molecule has 0 aliphatic heterocycles. The van der Waals surface area contributed by atoms with Gasteiger partial charge in [-0.3, -0.25) is 0 Å². The maximum absolute atomic E-state index is 5.24. The lowest BCUT2D eigenvalue weighted by atomic mass is 10.0. The Labute approximate surface area is 125 Å². The van der Waals surface area contributed by atoms with Gasteiger partial charge in [-0.05, 0) is 12.0 Å². The largest absolute Gasteiger partial charge is 0.380 e. The monoisotopic (exact) mass is 286 g/mol. The van der Waals surface area contributed by atoms with Crippen LogP contribution in [0, 0.1) is 0 Å². The predicted octanol–water partition coefficient (Wildman–Crippen LogP) is 3.53. The van der Waals surface area contributed by atoms with Crippen LogP contribution in [-0.2, 0) is 11.3 Å². The zero-order chi connectivity index (χ0) is 15.2. The normalized spacial score (nSPS) is 10.7. The van der Waals surface area contributed by atoms with Gasteiger partial charge in [-0.25, -0.2) is 9.97 Å². The van der Waals surface area contributed by atoms with E-state index in [9.17, 15) is 0 Å². The van der Waals surface area contributed by atoms with Gasteiger partial charge in [-0.1, -0.05) is 32.0 Å². The van der Waals surface area contributed by atoms with Crippen molar-refractivity contribution in [1.29, 1.82) is 0 Å². The fraction of sp³-hybridized carbons (Fsp3) is 0.375. The van der Waals surface area contributed by atoms with Crippen LogP contribution < -0.4 is 10.6 Å². The molecular weight excluding hydrogens is 264 g/mol. The quantitative estimate of drug-likeness (QED) is 0.850. The van der Waals surface area contributed by atoms with Gasteiger partial charge < -0.3 is 15.4 Å². The molecule has 0 saturated carbocycles. The van der Waals surface area contributed by atoms with E-state index in [0.717, 1.165) is 28.5 Å². The van der Waals surface area contributed by atoms with Crippen LogP contribution in [0.15, 0.2) is 30.6 Å². The van der Waals surface area contributed by atoms with Crippen LogP contribution in [0.1, 0.15) is 30.9 Å². The van der Waals surface area contributed by atoms with Crippen LogP contribution in [0.4, 0.5) is 17.3 Å². The molecule has 0 aliphatic rings. The fourth-order valence-electron chi connectivity index (χ4n) is 2.29. The highest BCUT2D eigenvalue weighted by atomic mass is 16.5. The number of ether oxygens (including phenoxy) is 1. The number of benzene rings is 1. The van der Waals surface area contributed by atoms with Gasteiger partial charge in [0.15, 0.2) is 0 Å². The van der Waals surface area contributed by atoms with E-state index in [1.165, 1.54) is 0 Å². The smallest absolute Gasteiger partial charge is 0.139 e. The van der Waals surface area contributed by atoms with Crippen molar-refractivity contribution in [2.75, 3.05) is 24.8 Å². The lowest BCUT2D eigenvalue weighted by Crippen LogP contribution is -2.08. The Morgan fingerprint density at radius 3 is 2.52 bits per heavy atom. The highest BCUT2D eigenvalue weighted by molar-refractivity contribution is 5.67. The molecule has 5 heteroatoms. The number of hydrogen-bond donors (Lipinski definition) is 2. The number of aromatic nitrogens is 2. The van der Waals surface area contributed by atoms with Crippen LogP contribution in [0.25, 0.3) is 0 Å². The third-order valence-corrected chi connectivity index (χ3v) is 3.27. The Bertz CT molecular complexity index is 599. The third kappa shape index (κ3) is 3.49. The van der Waals surface area contributed by atoms with Gasteiger partial charge in [0.1, 0.15) is 18.0 Å². The molecule has 0 fully saturated rings. The Hall–Kier alpha value is -2.14. The van der Waals surface area contributed by atoms with Crippen LogP contribution in [0.3, 0.4) is 0 Å². The first-order chi connectivity index (χ1) is 10.2. The summed E-state index contributed by atoms with van der Waals surface area (Å²) in [5, 5.41) is 6.54. The summed E-state index contributed by atoms with van der Waals surface area (Å²) in [6.45, 7) is 4.82. The number of para-hydroxylation sites is 1. The second-order valence-corrected chi connectivity index (χ2v) is 5.10. The number of hydrogen-bond acceptors (Lipinski definition) is 5. The fourth-order valence-corrected chi connectivity index (χ4v) is 2.29. The topological polar surface area (TPSA) is 59.1 Å². The van der Waals surface area contributed by atoms with Gasteiger partial charge >= 0.3 is 0 Å². The first kappa shape index (κ1) is 15.3. The molecule has 2 aromatic rings. The van der Waals surface area contributed by atoms with E-state index in [0.29, 0.717) is 12.5 Å². The minimum atomic E-state index is 0.311. The molecule has 0 radical (unpaired) electrons. The zero-order valence-corrected chi connectivity index (χ0v) is 13.0. The molecule has 0 spiro atoms. The van der Waals surface area contributed by atoms with Crippen molar-refractivity contribution in [2.45, 2.75) is 26.4 Å². The minimum absolute atomic E-state index is 0.311. The SMILES string of the molecule is CNc1ncnc(Nc2ccccc2COC)c1C(C)C. The Kier molecular flexibility index (Phi) is 5.11. The first-order valence-electron chi connectivity index (χ1n) is 7.03. The van der Waals surface area contributed by atoms with Gasteiger partial charge in [-0.2, -0.15) is 0 Å². The zero-order valence-electron chi connectivity index (χ0n) is 13.0. The van der Waals surface area contributed by atoms with Crippen molar-refractivity contribution < 1.29 is 4.74 Å². The van der Waals surface area contributed by atoms with Crippen LogP contribution in [-0.4, -0.2) is 24.1 Å². The highest BCUT2D eigenvalue weighted by Crippen LogP contribution is 2.31.